The van der Waals surface area contributed by atoms with Crippen LogP contribution in [-0.2, 0) is 0 Å². The molecule has 1 fully saturated rings. The summed E-state index contributed by atoms with van der Waals surface area (Å²) < 4.78 is 26.4. The highest BCUT2D eigenvalue weighted by molar-refractivity contribution is 5.60. The molecule has 1 unspecified atom stereocenters. The summed E-state index contributed by atoms with van der Waals surface area (Å²) in [7, 11) is 2.07. The second-order valence-electron chi connectivity index (χ2n) is 5.28. The number of halogens is 2. The number of likely N-dealkylation sites (N-methyl/N-ethyl adjacent to an activating group) is 1. The molecule has 19 heavy (non-hydrogen) atoms. The standard InChI is InChI=1S/C14H21F2N3/c1-10-9-18(2)6-3-7-19(10)13-5-4-11(17)8-12(13)14(15)16/h4-5,8,10,14H,3,6-7,9,17H2,1-2H3. The Bertz CT molecular complexity index is 437. The Balaban J connectivity index is 2.34. The highest BCUT2D eigenvalue weighted by Gasteiger charge is 2.24. The zero-order valence-electron chi connectivity index (χ0n) is 11.4. The van der Waals surface area contributed by atoms with E-state index in [1.54, 1.807) is 12.1 Å². The lowest BCUT2D eigenvalue weighted by atomic mass is 10.1. The number of alkyl halides is 2. The molecule has 3 nitrogen and oxygen atoms in total. The molecule has 0 radical (unpaired) electrons. The molecule has 1 atom stereocenters. The number of nitrogens with two attached hydrogens (primary N) is 1. The van der Waals surface area contributed by atoms with E-state index in [9.17, 15) is 8.78 Å². The van der Waals surface area contributed by atoms with Crippen molar-refractivity contribution in [3.8, 4) is 0 Å². The summed E-state index contributed by atoms with van der Waals surface area (Å²) >= 11 is 0. The van der Waals surface area contributed by atoms with Gasteiger partial charge in [0.1, 0.15) is 0 Å². The topological polar surface area (TPSA) is 32.5 Å². The van der Waals surface area contributed by atoms with Crippen molar-refractivity contribution in [1.82, 2.24) is 4.90 Å². The Labute approximate surface area is 113 Å². The van der Waals surface area contributed by atoms with E-state index in [2.05, 4.69) is 23.8 Å². The van der Waals surface area contributed by atoms with Crippen molar-refractivity contribution < 1.29 is 8.78 Å². The number of nitrogens with zero attached hydrogens (tertiary/aromatic N) is 2. The van der Waals surface area contributed by atoms with Gasteiger partial charge in [0, 0.05) is 36.1 Å². The van der Waals surface area contributed by atoms with Crippen LogP contribution in [0.3, 0.4) is 0 Å². The summed E-state index contributed by atoms with van der Waals surface area (Å²) in [5, 5.41) is 0. The molecular weight excluding hydrogens is 248 g/mol. The van der Waals surface area contributed by atoms with Crippen LogP contribution in [0.15, 0.2) is 18.2 Å². The van der Waals surface area contributed by atoms with E-state index in [4.69, 9.17) is 5.73 Å². The van der Waals surface area contributed by atoms with Crippen LogP contribution in [0.5, 0.6) is 0 Å². The molecule has 0 bridgehead atoms. The molecule has 106 valence electrons. The van der Waals surface area contributed by atoms with Gasteiger partial charge in [0.05, 0.1) is 0 Å². The lowest BCUT2D eigenvalue weighted by Gasteiger charge is -2.32. The van der Waals surface area contributed by atoms with Crippen LogP contribution in [0, 0.1) is 0 Å². The van der Waals surface area contributed by atoms with Crippen molar-refractivity contribution in [3.63, 3.8) is 0 Å². The second-order valence-corrected chi connectivity index (χ2v) is 5.28. The van der Waals surface area contributed by atoms with E-state index in [-0.39, 0.29) is 11.6 Å². The first kappa shape index (κ1) is 14.1. The van der Waals surface area contributed by atoms with Crippen LogP contribution in [0.1, 0.15) is 25.3 Å². The summed E-state index contributed by atoms with van der Waals surface area (Å²) in [6.45, 7) is 4.76. The molecule has 0 saturated carbocycles. The monoisotopic (exact) mass is 269 g/mol. The molecule has 0 spiro atoms. The number of nitrogen functional groups attached to an aromatic ring is 1. The van der Waals surface area contributed by atoms with Crippen LogP contribution in [-0.4, -0.2) is 37.6 Å². The predicted molar refractivity (Wildman–Crippen MR) is 74.7 cm³/mol. The van der Waals surface area contributed by atoms with Crippen molar-refractivity contribution in [2.75, 3.05) is 37.3 Å². The maximum Gasteiger partial charge on any atom is 0.265 e. The van der Waals surface area contributed by atoms with Gasteiger partial charge in [0.15, 0.2) is 0 Å². The molecule has 1 aliphatic rings. The largest absolute Gasteiger partial charge is 0.399 e. The maximum atomic E-state index is 13.2. The smallest absolute Gasteiger partial charge is 0.265 e. The first-order valence-corrected chi connectivity index (χ1v) is 6.62. The molecule has 0 amide bonds. The van der Waals surface area contributed by atoms with Crippen LogP contribution in [0.25, 0.3) is 0 Å². The third kappa shape index (κ3) is 3.15. The minimum Gasteiger partial charge on any atom is -0.399 e. The molecule has 1 aromatic carbocycles. The summed E-state index contributed by atoms with van der Waals surface area (Å²) in [4.78, 5) is 4.31. The first-order valence-electron chi connectivity index (χ1n) is 6.62. The molecular formula is C14H21F2N3. The number of rotatable bonds is 2. The van der Waals surface area contributed by atoms with Crippen LogP contribution in [0.4, 0.5) is 20.2 Å². The van der Waals surface area contributed by atoms with Gasteiger partial charge in [-0.15, -0.1) is 0 Å². The minimum atomic E-state index is -2.49. The first-order chi connectivity index (χ1) is 8.99. The molecule has 1 saturated heterocycles. The van der Waals surface area contributed by atoms with E-state index in [1.165, 1.54) is 6.07 Å². The molecule has 1 aromatic rings. The Morgan fingerprint density at radius 1 is 1.32 bits per heavy atom. The number of benzene rings is 1. The Morgan fingerprint density at radius 2 is 2.05 bits per heavy atom. The van der Waals surface area contributed by atoms with E-state index >= 15 is 0 Å². The van der Waals surface area contributed by atoms with E-state index in [1.807, 2.05) is 0 Å². The number of anilines is 2. The predicted octanol–water partition coefficient (Wildman–Crippen LogP) is 2.74. The number of hydrogen-bond acceptors (Lipinski definition) is 3. The van der Waals surface area contributed by atoms with E-state index in [0.717, 1.165) is 26.1 Å². The highest BCUT2D eigenvalue weighted by atomic mass is 19.3. The molecule has 1 aliphatic heterocycles. The minimum absolute atomic E-state index is 0.0383. The highest BCUT2D eigenvalue weighted by Crippen LogP contribution is 2.33. The average molecular weight is 269 g/mol. The molecule has 2 N–H and O–H groups in total. The lowest BCUT2D eigenvalue weighted by molar-refractivity contribution is 0.151. The van der Waals surface area contributed by atoms with E-state index < -0.39 is 6.43 Å². The summed E-state index contributed by atoms with van der Waals surface area (Å²) in [6, 6.07) is 5.02. The zero-order valence-corrected chi connectivity index (χ0v) is 11.4. The van der Waals surface area contributed by atoms with Crippen molar-refractivity contribution in [3.05, 3.63) is 23.8 Å². The fourth-order valence-corrected chi connectivity index (χ4v) is 2.74. The molecule has 5 heteroatoms. The van der Waals surface area contributed by atoms with Gasteiger partial charge < -0.3 is 15.5 Å². The Hall–Kier alpha value is -1.36. The maximum absolute atomic E-state index is 13.2. The molecule has 0 aliphatic carbocycles. The van der Waals surface area contributed by atoms with Gasteiger partial charge >= 0.3 is 0 Å². The third-order valence-corrected chi connectivity index (χ3v) is 3.64. The summed E-state index contributed by atoms with van der Waals surface area (Å²) in [5.41, 5.74) is 6.67. The summed E-state index contributed by atoms with van der Waals surface area (Å²) in [6.07, 6.45) is -1.51. The SMILES string of the molecule is CC1CN(C)CCCN1c1ccc(N)cc1C(F)F. The van der Waals surface area contributed by atoms with Gasteiger partial charge in [0.2, 0.25) is 0 Å². The molecule has 2 rings (SSSR count). The van der Waals surface area contributed by atoms with Crippen molar-refractivity contribution >= 4 is 11.4 Å². The van der Waals surface area contributed by atoms with Gasteiger partial charge in [-0.05, 0) is 45.1 Å². The summed E-state index contributed by atoms with van der Waals surface area (Å²) in [5.74, 6) is 0. The van der Waals surface area contributed by atoms with E-state index in [0.29, 0.717) is 11.4 Å². The average Bonchev–Trinajstić information content (AvgIpc) is 2.50. The fourth-order valence-electron chi connectivity index (χ4n) is 2.74. The second kappa shape index (κ2) is 5.74. The van der Waals surface area contributed by atoms with Crippen LogP contribution < -0.4 is 10.6 Å². The van der Waals surface area contributed by atoms with Gasteiger partial charge in [-0.1, -0.05) is 0 Å². The van der Waals surface area contributed by atoms with Crippen molar-refractivity contribution in [1.29, 1.82) is 0 Å². The van der Waals surface area contributed by atoms with Gasteiger partial charge in [-0.2, -0.15) is 0 Å². The Kier molecular flexibility index (Phi) is 4.24. The van der Waals surface area contributed by atoms with Gasteiger partial charge in [-0.25, -0.2) is 8.78 Å². The quantitative estimate of drug-likeness (QED) is 0.838. The fraction of sp³-hybridized carbons (Fsp3) is 0.571. The third-order valence-electron chi connectivity index (χ3n) is 3.64. The lowest BCUT2D eigenvalue weighted by Crippen LogP contribution is -2.38. The van der Waals surface area contributed by atoms with Crippen LogP contribution >= 0.6 is 0 Å². The zero-order chi connectivity index (χ0) is 14.0. The molecule has 1 heterocycles. The van der Waals surface area contributed by atoms with Crippen LogP contribution in [0.2, 0.25) is 0 Å². The normalized spacial score (nSPS) is 21.7. The van der Waals surface area contributed by atoms with Crippen molar-refractivity contribution in [2.24, 2.45) is 0 Å². The molecule has 0 aromatic heterocycles. The number of hydrogen-bond donors (Lipinski definition) is 1. The Morgan fingerprint density at radius 3 is 2.74 bits per heavy atom. The van der Waals surface area contributed by atoms with Gasteiger partial charge in [0.25, 0.3) is 6.43 Å². The van der Waals surface area contributed by atoms with Crippen molar-refractivity contribution in [2.45, 2.75) is 25.8 Å². The van der Waals surface area contributed by atoms with Gasteiger partial charge in [-0.3, -0.25) is 0 Å².